The molecule has 1 atom stereocenters. The van der Waals surface area contributed by atoms with E-state index >= 15 is 0 Å². The predicted molar refractivity (Wildman–Crippen MR) is 145 cm³/mol. The second-order valence-electron chi connectivity index (χ2n) is 9.17. The monoisotopic (exact) mass is 500 g/mol. The minimum atomic E-state index is -0.500. The number of pyridine rings is 1. The molecule has 0 saturated carbocycles. The van der Waals surface area contributed by atoms with Crippen LogP contribution in [0.15, 0.2) is 66.9 Å². The SMILES string of the molecule is COc1cc2nccc(Oc3cc(C)c(NC(=O)OC(c4ccccc4)C(C)C)cc3C)c2cc1OC. The van der Waals surface area contributed by atoms with Crippen LogP contribution in [0.4, 0.5) is 10.5 Å². The van der Waals surface area contributed by atoms with Crippen LogP contribution in [-0.2, 0) is 4.74 Å². The Labute approximate surface area is 217 Å². The molecular weight excluding hydrogens is 468 g/mol. The number of anilines is 1. The fraction of sp³-hybridized carbons (Fsp3) is 0.267. The summed E-state index contributed by atoms with van der Waals surface area (Å²) in [7, 11) is 3.18. The Bertz CT molecular complexity index is 1400. The molecule has 0 aliphatic heterocycles. The van der Waals surface area contributed by atoms with Crippen LogP contribution in [0.1, 0.15) is 36.6 Å². The van der Waals surface area contributed by atoms with Crippen LogP contribution in [0.25, 0.3) is 10.9 Å². The molecule has 0 spiro atoms. The molecule has 4 rings (SSSR count). The summed E-state index contributed by atoms with van der Waals surface area (Å²) < 4.78 is 23.0. The van der Waals surface area contributed by atoms with E-state index in [-0.39, 0.29) is 12.0 Å². The van der Waals surface area contributed by atoms with Gasteiger partial charge >= 0.3 is 6.09 Å². The lowest BCUT2D eigenvalue weighted by atomic mass is 9.99. The van der Waals surface area contributed by atoms with Gasteiger partial charge in [-0.05, 0) is 60.7 Å². The van der Waals surface area contributed by atoms with Gasteiger partial charge in [0.1, 0.15) is 17.6 Å². The number of carbonyl (C=O) groups excluding carboxylic acids is 1. The Morgan fingerprint density at radius 1 is 0.838 bits per heavy atom. The van der Waals surface area contributed by atoms with Crippen molar-refractivity contribution in [2.45, 2.75) is 33.8 Å². The zero-order valence-corrected chi connectivity index (χ0v) is 22.0. The Kier molecular flexibility index (Phi) is 7.82. The summed E-state index contributed by atoms with van der Waals surface area (Å²) in [5, 5.41) is 3.69. The minimum absolute atomic E-state index is 0.125. The average molecular weight is 501 g/mol. The summed E-state index contributed by atoms with van der Waals surface area (Å²) in [4.78, 5) is 17.2. The van der Waals surface area contributed by atoms with E-state index in [4.69, 9.17) is 18.9 Å². The summed E-state index contributed by atoms with van der Waals surface area (Å²) in [5.74, 6) is 2.62. The van der Waals surface area contributed by atoms with Gasteiger partial charge in [-0.2, -0.15) is 0 Å². The number of nitrogens with zero attached hydrogens (tertiary/aromatic N) is 1. The Morgan fingerprint density at radius 3 is 2.22 bits per heavy atom. The number of fused-ring (bicyclic) bond motifs is 1. The lowest BCUT2D eigenvalue weighted by Crippen LogP contribution is -2.21. The molecular formula is C30H32N2O5. The van der Waals surface area contributed by atoms with Crippen molar-refractivity contribution >= 4 is 22.7 Å². The number of ether oxygens (including phenoxy) is 4. The number of amides is 1. The topological polar surface area (TPSA) is 78.9 Å². The van der Waals surface area contributed by atoms with Crippen LogP contribution in [-0.4, -0.2) is 25.3 Å². The summed E-state index contributed by atoms with van der Waals surface area (Å²) in [6.07, 6.45) is 0.843. The first-order valence-corrected chi connectivity index (χ1v) is 12.1. The molecule has 0 bridgehead atoms. The molecule has 0 aliphatic rings. The maximum absolute atomic E-state index is 12.8. The average Bonchev–Trinajstić information content (AvgIpc) is 2.89. The van der Waals surface area contributed by atoms with Gasteiger partial charge in [-0.25, -0.2) is 4.79 Å². The lowest BCUT2D eigenvalue weighted by Gasteiger charge is -2.22. The van der Waals surface area contributed by atoms with Crippen molar-refractivity contribution in [1.29, 1.82) is 0 Å². The first-order chi connectivity index (χ1) is 17.8. The number of nitrogens with one attached hydrogen (secondary N) is 1. The molecule has 1 amide bonds. The van der Waals surface area contributed by atoms with E-state index in [0.29, 0.717) is 28.7 Å². The summed E-state index contributed by atoms with van der Waals surface area (Å²) in [5.41, 5.74) is 4.05. The van der Waals surface area contributed by atoms with Crippen LogP contribution in [0, 0.1) is 19.8 Å². The highest BCUT2D eigenvalue weighted by Gasteiger charge is 2.21. The van der Waals surface area contributed by atoms with Gasteiger partial charge in [0.15, 0.2) is 11.5 Å². The number of rotatable bonds is 8. The molecule has 0 saturated heterocycles. The number of benzene rings is 3. The van der Waals surface area contributed by atoms with E-state index in [1.165, 1.54) is 0 Å². The van der Waals surface area contributed by atoms with Crippen LogP contribution in [0.3, 0.4) is 0 Å². The van der Waals surface area contributed by atoms with Crippen molar-refractivity contribution in [3.63, 3.8) is 0 Å². The highest BCUT2D eigenvalue weighted by Crippen LogP contribution is 2.38. The summed E-state index contributed by atoms with van der Waals surface area (Å²) >= 11 is 0. The molecule has 0 fully saturated rings. The highest BCUT2D eigenvalue weighted by molar-refractivity contribution is 5.89. The van der Waals surface area contributed by atoms with Crippen molar-refractivity contribution in [3.05, 3.63) is 83.6 Å². The first-order valence-electron chi connectivity index (χ1n) is 12.1. The molecule has 37 heavy (non-hydrogen) atoms. The van der Waals surface area contributed by atoms with E-state index in [2.05, 4.69) is 10.3 Å². The van der Waals surface area contributed by atoms with E-state index < -0.39 is 6.09 Å². The number of methoxy groups -OCH3 is 2. The van der Waals surface area contributed by atoms with E-state index in [1.54, 1.807) is 20.4 Å². The van der Waals surface area contributed by atoms with Crippen molar-refractivity contribution in [2.24, 2.45) is 5.92 Å². The van der Waals surface area contributed by atoms with Gasteiger partial charge in [0.05, 0.1) is 19.7 Å². The molecule has 0 aliphatic carbocycles. The van der Waals surface area contributed by atoms with Gasteiger partial charge in [0.2, 0.25) is 0 Å². The normalized spacial score (nSPS) is 11.8. The van der Waals surface area contributed by atoms with Gasteiger partial charge < -0.3 is 18.9 Å². The van der Waals surface area contributed by atoms with Crippen LogP contribution in [0.5, 0.6) is 23.0 Å². The number of hydrogen-bond donors (Lipinski definition) is 1. The zero-order chi connectivity index (χ0) is 26.5. The third-order valence-electron chi connectivity index (χ3n) is 6.15. The van der Waals surface area contributed by atoms with Crippen molar-refractivity contribution < 1.29 is 23.7 Å². The number of aromatic nitrogens is 1. The van der Waals surface area contributed by atoms with Crippen LogP contribution in [0.2, 0.25) is 0 Å². The lowest BCUT2D eigenvalue weighted by molar-refractivity contribution is 0.0821. The minimum Gasteiger partial charge on any atom is -0.493 e. The summed E-state index contributed by atoms with van der Waals surface area (Å²) in [6.45, 7) is 7.90. The van der Waals surface area contributed by atoms with Crippen molar-refractivity contribution in [2.75, 3.05) is 19.5 Å². The van der Waals surface area contributed by atoms with Crippen LogP contribution >= 0.6 is 0 Å². The Hall–Kier alpha value is -4.26. The third-order valence-corrected chi connectivity index (χ3v) is 6.15. The van der Waals surface area contributed by atoms with Gasteiger partial charge in [0.25, 0.3) is 0 Å². The quantitative estimate of drug-likeness (QED) is 0.268. The van der Waals surface area contributed by atoms with Crippen molar-refractivity contribution in [3.8, 4) is 23.0 Å². The fourth-order valence-corrected chi connectivity index (χ4v) is 4.18. The predicted octanol–water partition coefficient (Wildman–Crippen LogP) is 7.61. The Morgan fingerprint density at radius 2 is 1.54 bits per heavy atom. The molecule has 1 N–H and O–H groups in total. The molecule has 1 heterocycles. The highest BCUT2D eigenvalue weighted by atomic mass is 16.6. The molecule has 1 aromatic heterocycles. The Balaban J connectivity index is 1.55. The second kappa shape index (κ2) is 11.2. The maximum atomic E-state index is 12.8. The third kappa shape index (κ3) is 5.77. The summed E-state index contributed by atoms with van der Waals surface area (Å²) in [6, 6.07) is 19.0. The molecule has 3 aromatic carbocycles. The molecule has 1 unspecified atom stereocenters. The number of hydrogen-bond acceptors (Lipinski definition) is 6. The smallest absolute Gasteiger partial charge is 0.412 e. The molecule has 0 radical (unpaired) electrons. The molecule has 4 aromatic rings. The van der Waals surface area contributed by atoms with Gasteiger partial charge in [0, 0.05) is 23.3 Å². The molecule has 7 nitrogen and oxygen atoms in total. The first kappa shape index (κ1) is 25.8. The van der Waals surface area contributed by atoms with E-state index in [9.17, 15) is 4.79 Å². The number of aryl methyl sites for hydroxylation is 2. The van der Waals surface area contributed by atoms with Gasteiger partial charge in [-0.3, -0.25) is 10.3 Å². The van der Waals surface area contributed by atoms with Gasteiger partial charge in [-0.1, -0.05) is 44.2 Å². The fourth-order valence-electron chi connectivity index (χ4n) is 4.18. The standard InChI is InChI=1S/C30H32N2O5/c1-18(2)29(21-10-8-7-9-11-21)37-30(33)32-23-14-20(4)26(15-19(23)3)36-25-12-13-31-24-17-28(35-6)27(34-5)16-22(24)25/h7-18,29H,1-6H3,(H,32,33). The molecule has 7 heteroatoms. The van der Waals surface area contributed by atoms with E-state index in [0.717, 1.165) is 27.6 Å². The van der Waals surface area contributed by atoms with Crippen LogP contribution < -0.4 is 19.5 Å². The zero-order valence-electron chi connectivity index (χ0n) is 22.0. The van der Waals surface area contributed by atoms with Gasteiger partial charge in [-0.15, -0.1) is 0 Å². The maximum Gasteiger partial charge on any atom is 0.412 e. The number of carbonyl (C=O) groups is 1. The molecule has 192 valence electrons. The second-order valence-corrected chi connectivity index (χ2v) is 9.17. The largest absolute Gasteiger partial charge is 0.493 e. The van der Waals surface area contributed by atoms with E-state index in [1.807, 2.05) is 88.4 Å². The van der Waals surface area contributed by atoms with Crippen molar-refractivity contribution in [1.82, 2.24) is 4.98 Å².